The van der Waals surface area contributed by atoms with Crippen molar-refractivity contribution >= 4 is 15.9 Å². The highest BCUT2D eigenvalue weighted by molar-refractivity contribution is 7.89. The molecule has 1 aromatic carbocycles. The number of carbonyl (C=O) groups is 1. The molecule has 0 saturated heterocycles. The number of hydrogen-bond donors (Lipinski definition) is 0. The van der Waals surface area contributed by atoms with Crippen molar-refractivity contribution in [3.63, 3.8) is 0 Å². The van der Waals surface area contributed by atoms with Crippen LogP contribution in [0.25, 0.3) is 0 Å². The molecule has 0 N–H and O–H groups in total. The van der Waals surface area contributed by atoms with Crippen LogP contribution in [0.5, 0.6) is 0 Å². The van der Waals surface area contributed by atoms with Crippen molar-refractivity contribution in [2.24, 2.45) is 7.05 Å². The first-order chi connectivity index (χ1) is 9.88. The van der Waals surface area contributed by atoms with E-state index in [2.05, 4.69) is 5.10 Å². The lowest BCUT2D eigenvalue weighted by atomic mass is 10.1. The lowest BCUT2D eigenvalue weighted by Gasteiger charge is -2.27. The van der Waals surface area contributed by atoms with Crippen molar-refractivity contribution < 1.29 is 13.2 Å². The van der Waals surface area contributed by atoms with Gasteiger partial charge in [0, 0.05) is 18.3 Å². The lowest BCUT2D eigenvalue weighted by Crippen LogP contribution is -2.41. The van der Waals surface area contributed by atoms with Gasteiger partial charge in [0.1, 0.15) is 0 Å². The van der Waals surface area contributed by atoms with E-state index < -0.39 is 15.9 Å². The molecule has 0 spiro atoms. The van der Waals surface area contributed by atoms with E-state index in [4.69, 9.17) is 0 Å². The van der Waals surface area contributed by atoms with Gasteiger partial charge < -0.3 is 0 Å². The van der Waals surface area contributed by atoms with Crippen LogP contribution in [0, 0.1) is 6.92 Å². The molecule has 0 fully saturated rings. The highest BCUT2D eigenvalue weighted by atomic mass is 32.2. The third kappa shape index (κ3) is 2.33. The van der Waals surface area contributed by atoms with Gasteiger partial charge in [0.2, 0.25) is 10.0 Å². The van der Waals surface area contributed by atoms with Gasteiger partial charge in [0.15, 0.2) is 0 Å². The first kappa shape index (κ1) is 13.8. The molecule has 6 nitrogen and oxygen atoms in total. The maximum atomic E-state index is 12.4. The first-order valence-corrected chi connectivity index (χ1v) is 8.11. The zero-order chi connectivity index (χ0) is 15.2. The monoisotopic (exact) mass is 305 g/mol. The van der Waals surface area contributed by atoms with Gasteiger partial charge in [-0.3, -0.25) is 9.48 Å². The summed E-state index contributed by atoms with van der Waals surface area (Å²) in [6.07, 6.45) is 0. The molecule has 3 rings (SSSR count). The number of sulfonamides is 1. The summed E-state index contributed by atoms with van der Waals surface area (Å²) >= 11 is 0. The van der Waals surface area contributed by atoms with Crippen molar-refractivity contribution in [3.05, 3.63) is 52.8 Å². The van der Waals surface area contributed by atoms with Gasteiger partial charge in [0.25, 0.3) is 5.91 Å². The van der Waals surface area contributed by atoms with Crippen molar-refractivity contribution in [2.45, 2.75) is 19.2 Å². The van der Waals surface area contributed by atoms with Crippen molar-refractivity contribution in [2.75, 3.05) is 0 Å². The van der Waals surface area contributed by atoms with Crippen LogP contribution in [0.15, 0.2) is 30.3 Å². The van der Waals surface area contributed by atoms with Crippen LogP contribution in [0.3, 0.4) is 0 Å². The van der Waals surface area contributed by atoms with Crippen LogP contribution in [-0.2, 0) is 29.4 Å². The van der Waals surface area contributed by atoms with Crippen molar-refractivity contribution in [3.8, 4) is 0 Å². The van der Waals surface area contributed by atoms with Crippen LogP contribution in [0.2, 0.25) is 0 Å². The van der Waals surface area contributed by atoms with E-state index in [0.717, 1.165) is 10.00 Å². The minimum Gasteiger partial charge on any atom is -0.273 e. The second kappa shape index (κ2) is 4.70. The molecule has 1 aliphatic rings. The predicted molar refractivity (Wildman–Crippen MR) is 76.9 cm³/mol. The van der Waals surface area contributed by atoms with E-state index in [-0.39, 0.29) is 12.3 Å². The molecule has 110 valence electrons. The second-order valence-corrected chi connectivity index (χ2v) is 7.02. The largest absolute Gasteiger partial charge is 0.273 e. The van der Waals surface area contributed by atoms with Crippen LogP contribution in [0.1, 0.15) is 27.3 Å². The average Bonchev–Trinajstić information content (AvgIpc) is 2.73. The number of nitrogens with zero attached hydrogens (tertiary/aromatic N) is 3. The SMILES string of the molecule is Cc1cc(CN2C(=O)c3ccccc3CS2(=O)=O)nn1C. The molecule has 0 radical (unpaired) electrons. The van der Waals surface area contributed by atoms with Gasteiger partial charge in [-0.1, -0.05) is 18.2 Å². The summed E-state index contributed by atoms with van der Waals surface area (Å²) < 4.78 is 27.2. The van der Waals surface area contributed by atoms with E-state index in [1.54, 1.807) is 42.1 Å². The summed E-state index contributed by atoms with van der Waals surface area (Å²) in [6, 6.07) is 8.58. The fourth-order valence-electron chi connectivity index (χ4n) is 2.42. The number of hydrogen-bond acceptors (Lipinski definition) is 4. The molecule has 1 aromatic heterocycles. The van der Waals surface area contributed by atoms with Crippen LogP contribution < -0.4 is 0 Å². The van der Waals surface area contributed by atoms with E-state index in [1.807, 2.05) is 6.92 Å². The van der Waals surface area contributed by atoms with Gasteiger partial charge in [-0.2, -0.15) is 5.10 Å². The Bertz CT molecular complexity index is 804. The topological polar surface area (TPSA) is 72.3 Å². The van der Waals surface area contributed by atoms with Crippen molar-refractivity contribution in [1.82, 2.24) is 14.1 Å². The molecular formula is C14H15N3O3S. The molecular weight excluding hydrogens is 290 g/mol. The smallest absolute Gasteiger partial charge is 0.268 e. The Morgan fingerprint density at radius 2 is 2.00 bits per heavy atom. The normalized spacial score (nSPS) is 16.9. The number of carbonyl (C=O) groups excluding carboxylic acids is 1. The predicted octanol–water partition coefficient (Wildman–Crippen LogP) is 1.21. The minimum atomic E-state index is -3.65. The quantitative estimate of drug-likeness (QED) is 0.836. The lowest BCUT2D eigenvalue weighted by molar-refractivity contribution is 0.0848. The maximum Gasteiger partial charge on any atom is 0.268 e. The van der Waals surface area contributed by atoms with Gasteiger partial charge in [-0.05, 0) is 24.6 Å². The number of amides is 1. The maximum absolute atomic E-state index is 12.4. The second-order valence-electron chi connectivity index (χ2n) is 5.13. The molecule has 2 aromatic rings. The Labute approximate surface area is 123 Å². The molecule has 0 atom stereocenters. The molecule has 21 heavy (non-hydrogen) atoms. The van der Waals surface area contributed by atoms with Crippen molar-refractivity contribution in [1.29, 1.82) is 0 Å². The minimum absolute atomic E-state index is 0.0306. The zero-order valence-electron chi connectivity index (χ0n) is 11.8. The van der Waals surface area contributed by atoms with Gasteiger partial charge in [-0.25, -0.2) is 12.7 Å². The van der Waals surface area contributed by atoms with Crippen LogP contribution in [-0.4, -0.2) is 28.4 Å². The number of aromatic nitrogens is 2. The summed E-state index contributed by atoms with van der Waals surface area (Å²) in [6.45, 7) is 1.84. The van der Waals surface area contributed by atoms with E-state index in [0.29, 0.717) is 16.8 Å². The Kier molecular flexibility index (Phi) is 3.09. The third-order valence-corrected chi connectivity index (χ3v) is 5.26. The Balaban J connectivity index is 2.00. The summed E-state index contributed by atoms with van der Waals surface area (Å²) in [5.41, 5.74) is 2.47. The standard InChI is InChI=1S/C14H15N3O3S/c1-10-7-12(15-16(10)2)8-17-14(18)13-6-4-3-5-11(13)9-21(17,19)20/h3-7H,8-9H2,1-2H3. The first-order valence-electron chi connectivity index (χ1n) is 6.50. The van der Waals surface area contributed by atoms with E-state index in [9.17, 15) is 13.2 Å². The molecule has 1 aliphatic heterocycles. The number of rotatable bonds is 2. The molecule has 0 saturated carbocycles. The zero-order valence-corrected chi connectivity index (χ0v) is 12.6. The highest BCUT2D eigenvalue weighted by Crippen LogP contribution is 2.26. The fourth-order valence-corrected chi connectivity index (χ4v) is 3.90. The molecule has 2 heterocycles. The molecule has 7 heteroatoms. The summed E-state index contributed by atoms with van der Waals surface area (Å²) in [5.74, 6) is -0.638. The molecule has 0 bridgehead atoms. The van der Waals surface area contributed by atoms with E-state index in [1.165, 1.54) is 0 Å². The number of fused-ring (bicyclic) bond motifs is 1. The van der Waals surface area contributed by atoms with Gasteiger partial charge >= 0.3 is 0 Å². The molecule has 0 aliphatic carbocycles. The Morgan fingerprint density at radius 1 is 1.29 bits per heavy atom. The summed E-state index contributed by atoms with van der Waals surface area (Å²) in [5, 5.41) is 4.22. The van der Waals surface area contributed by atoms with Crippen LogP contribution >= 0.6 is 0 Å². The molecule has 1 amide bonds. The van der Waals surface area contributed by atoms with Gasteiger partial charge in [-0.15, -0.1) is 0 Å². The Morgan fingerprint density at radius 3 is 2.67 bits per heavy atom. The Hall–Kier alpha value is -2.15. The van der Waals surface area contributed by atoms with Crippen LogP contribution in [0.4, 0.5) is 0 Å². The third-order valence-electron chi connectivity index (χ3n) is 3.62. The van der Waals surface area contributed by atoms with Gasteiger partial charge in [0.05, 0.1) is 18.0 Å². The number of benzene rings is 1. The summed E-state index contributed by atoms with van der Waals surface area (Å²) in [4.78, 5) is 12.4. The van der Waals surface area contributed by atoms with E-state index >= 15 is 0 Å². The molecule has 0 unspecified atom stereocenters. The fraction of sp³-hybridized carbons (Fsp3) is 0.286. The summed E-state index contributed by atoms with van der Waals surface area (Å²) in [7, 11) is -1.87. The highest BCUT2D eigenvalue weighted by Gasteiger charge is 2.36. The number of aryl methyl sites for hydroxylation is 2. The average molecular weight is 305 g/mol.